The van der Waals surface area contributed by atoms with Crippen molar-refractivity contribution in [1.82, 2.24) is 4.90 Å². The summed E-state index contributed by atoms with van der Waals surface area (Å²) < 4.78 is 5.26. The molecule has 4 heteroatoms. The van der Waals surface area contributed by atoms with E-state index in [0.29, 0.717) is 6.54 Å². The van der Waals surface area contributed by atoms with Gasteiger partial charge in [-0.15, -0.1) is 0 Å². The Morgan fingerprint density at radius 2 is 2.40 bits per heavy atom. The Morgan fingerprint density at radius 1 is 1.60 bits per heavy atom. The van der Waals surface area contributed by atoms with Crippen molar-refractivity contribution in [3.8, 4) is 0 Å². The number of carboxylic acid groups (broad SMARTS) is 1. The maximum Gasteiger partial charge on any atom is 0.307 e. The van der Waals surface area contributed by atoms with Crippen molar-refractivity contribution >= 4 is 5.97 Å². The molecule has 1 heterocycles. The fourth-order valence-electron chi connectivity index (χ4n) is 1.99. The zero-order valence-corrected chi connectivity index (χ0v) is 9.45. The molecule has 1 aliphatic rings. The summed E-state index contributed by atoms with van der Waals surface area (Å²) in [4.78, 5) is 13.1. The molecule has 1 saturated heterocycles. The Labute approximate surface area is 91.2 Å². The molecular formula is C11H21NO3. The molecule has 1 aliphatic heterocycles. The van der Waals surface area contributed by atoms with Crippen molar-refractivity contribution < 1.29 is 14.6 Å². The summed E-state index contributed by atoms with van der Waals surface area (Å²) in [6.45, 7) is 6.24. The van der Waals surface area contributed by atoms with Crippen LogP contribution in [0.4, 0.5) is 0 Å². The zero-order valence-electron chi connectivity index (χ0n) is 9.45. The molecule has 0 aromatic rings. The molecular weight excluding hydrogens is 194 g/mol. The van der Waals surface area contributed by atoms with Gasteiger partial charge in [-0.1, -0.05) is 0 Å². The van der Waals surface area contributed by atoms with E-state index >= 15 is 0 Å². The molecule has 1 N–H and O–H groups in total. The summed E-state index contributed by atoms with van der Waals surface area (Å²) >= 11 is 0. The van der Waals surface area contributed by atoms with Gasteiger partial charge < -0.3 is 14.7 Å². The summed E-state index contributed by atoms with van der Waals surface area (Å²) in [5.41, 5.74) is 0. The number of hydrogen-bond donors (Lipinski definition) is 1. The molecule has 88 valence electrons. The Kier molecular flexibility index (Phi) is 5.65. The molecule has 0 saturated carbocycles. The number of hydrogen-bond acceptors (Lipinski definition) is 3. The predicted octanol–water partition coefficient (Wildman–Crippen LogP) is 1.21. The van der Waals surface area contributed by atoms with Gasteiger partial charge in [0, 0.05) is 26.3 Å². The van der Waals surface area contributed by atoms with E-state index in [4.69, 9.17) is 9.84 Å². The Morgan fingerprint density at radius 3 is 3.07 bits per heavy atom. The van der Waals surface area contributed by atoms with Gasteiger partial charge in [-0.25, -0.2) is 0 Å². The lowest BCUT2D eigenvalue weighted by Gasteiger charge is -2.30. The van der Waals surface area contributed by atoms with Crippen molar-refractivity contribution in [1.29, 1.82) is 0 Å². The molecule has 1 fully saturated rings. The van der Waals surface area contributed by atoms with Gasteiger partial charge in [0.25, 0.3) is 0 Å². The predicted molar refractivity (Wildman–Crippen MR) is 57.9 cm³/mol. The minimum Gasteiger partial charge on any atom is -0.481 e. The van der Waals surface area contributed by atoms with Crippen LogP contribution in [-0.4, -0.2) is 48.8 Å². The van der Waals surface area contributed by atoms with Gasteiger partial charge in [-0.3, -0.25) is 4.79 Å². The van der Waals surface area contributed by atoms with Gasteiger partial charge in [-0.05, 0) is 32.7 Å². The van der Waals surface area contributed by atoms with Crippen LogP contribution in [0.1, 0.15) is 26.2 Å². The van der Waals surface area contributed by atoms with Crippen LogP contribution < -0.4 is 0 Å². The van der Waals surface area contributed by atoms with Gasteiger partial charge in [0.05, 0.1) is 5.92 Å². The number of carboxylic acids is 1. The van der Waals surface area contributed by atoms with Gasteiger partial charge >= 0.3 is 5.97 Å². The number of rotatable bonds is 6. The molecule has 4 nitrogen and oxygen atoms in total. The largest absolute Gasteiger partial charge is 0.481 e. The van der Waals surface area contributed by atoms with E-state index in [1.165, 1.54) is 0 Å². The molecule has 1 atom stereocenters. The summed E-state index contributed by atoms with van der Waals surface area (Å²) in [5, 5.41) is 8.91. The fourth-order valence-corrected chi connectivity index (χ4v) is 1.99. The number of likely N-dealkylation sites (tertiary alicyclic amines) is 1. The summed E-state index contributed by atoms with van der Waals surface area (Å²) in [5.74, 6) is -0.810. The molecule has 0 radical (unpaired) electrons. The second-order valence-corrected chi connectivity index (χ2v) is 4.03. The third-order valence-corrected chi connectivity index (χ3v) is 2.82. The molecule has 0 aromatic heterocycles. The van der Waals surface area contributed by atoms with Crippen molar-refractivity contribution in [3.05, 3.63) is 0 Å². The average molecular weight is 215 g/mol. The van der Waals surface area contributed by atoms with Crippen LogP contribution in [0, 0.1) is 5.92 Å². The van der Waals surface area contributed by atoms with E-state index in [0.717, 1.165) is 45.6 Å². The summed E-state index contributed by atoms with van der Waals surface area (Å²) in [6.07, 6.45) is 2.84. The van der Waals surface area contributed by atoms with E-state index in [9.17, 15) is 4.79 Å². The molecule has 15 heavy (non-hydrogen) atoms. The first kappa shape index (κ1) is 12.5. The van der Waals surface area contributed by atoms with Gasteiger partial charge in [0.2, 0.25) is 0 Å². The molecule has 0 amide bonds. The van der Waals surface area contributed by atoms with Crippen LogP contribution >= 0.6 is 0 Å². The van der Waals surface area contributed by atoms with E-state index in [-0.39, 0.29) is 5.92 Å². The molecule has 1 unspecified atom stereocenters. The maximum absolute atomic E-state index is 10.8. The highest BCUT2D eigenvalue weighted by atomic mass is 16.5. The first-order valence-corrected chi connectivity index (χ1v) is 5.77. The normalized spacial score (nSPS) is 22.9. The number of aliphatic carboxylic acids is 1. The average Bonchev–Trinajstić information content (AvgIpc) is 2.25. The van der Waals surface area contributed by atoms with Crippen LogP contribution in [-0.2, 0) is 9.53 Å². The lowest BCUT2D eigenvalue weighted by Crippen LogP contribution is -2.39. The highest BCUT2D eigenvalue weighted by molar-refractivity contribution is 5.70. The molecule has 0 bridgehead atoms. The van der Waals surface area contributed by atoms with Crippen LogP contribution in [0.2, 0.25) is 0 Å². The number of nitrogens with zero attached hydrogens (tertiary/aromatic N) is 1. The second kappa shape index (κ2) is 6.80. The van der Waals surface area contributed by atoms with Gasteiger partial charge in [-0.2, -0.15) is 0 Å². The van der Waals surface area contributed by atoms with Crippen molar-refractivity contribution in [2.24, 2.45) is 5.92 Å². The SMILES string of the molecule is CCOCCCN1CCCC(C(=O)O)C1. The van der Waals surface area contributed by atoms with E-state index in [1.807, 2.05) is 6.92 Å². The Hall–Kier alpha value is -0.610. The molecule has 0 spiro atoms. The second-order valence-electron chi connectivity index (χ2n) is 4.03. The number of piperidine rings is 1. The topological polar surface area (TPSA) is 49.8 Å². The highest BCUT2D eigenvalue weighted by Gasteiger charge is 2.24. The van der Waals surface area contributed by atoms with Gasteiger partial charge in [0.15, 0.2) is 0 Å². The molecule has 0 aliphatic carbocycles. The fraction of sp³-hybridized carbons (Fsp3) is 0.909. The molecule has 1 rings (SSSR count). The van der Waals surface area contributed by atoms with Crippen molar-refractivity contribution in [3.63, 3.8) is 0 Å². The minimum absolute atomic E-state index is 0.161. The monoisotopic (exact) mass is 215 g/mol. The zero-order chi connectivity index (χ0) is 11.1. The quantitative estimate of drug-likeness (QED) is 0.677. The van der Waals surface area contributed by atoms with Crippen LogP contribution in [0.25, 0.3) is 0 Å². The van der Waals surface area contributed by atoms with E-state index in [2.05, 4.69) is 4.90 Å². The maximum atomic E-state index is 10.8. The number of ether oxygens (including phenoxy) is 1. The van der Waals surface area contributed by atoms with E-state index < -0.39 is 5.97 Å². The third-order valence-electron chi connectivity index (χ3n) is 2.82. The number of carbonyl (C=O) groups is 1. The standard InChI is InChI=1S/C11H21NO3/c1-2-15-8-4-7-12-6-3-5-10(9-12)11(13)14/h10H,2-9H2,1H3,(H,13,14). The summed E-state index contributed by atoms with van der Waals surface area (Å²) in [7, 11) is 0. The lowest BCUT2D eigenvalue weighted by molar-refractivity contribution is -0.143. The highest BCUT2D eigenvalue weighted by Crippen LogP contribution is 2.16. The lowest BCUT2D eigenvalue weighted by atomic mass is 9.98. The molecule has 0 aromatic carbocycles. The first-order chi connectivity index (χ1) is 7.24. The minimum atomic E-state index is -0.649. The van der Waals surface area contributed by atoms with E-state index in [1.54, 1.807) is 0 Å². The van der Waals surface area contributed by atoms with Gasteiger partial charge in [0.1, 0.15) is 0 Å². The first-order valence-electron chi connectivity index (χ1n) is 5.77. The van der Waals surface area contributed by atoms with Crippen LogP contribution in [0.15, 0.2) is 0 Å². The van der Waals surface area contributed by atoms with Crippen molar-refractivity contribution in [2.45, 2.75) is 26.2 Å². The van der Waals surface area contributed by atoms with Crippen LogP contribution in [0.5, 0.6) is 0 Å². The smallest absolute Gasteiger partial charge is 0.307 e. The summed E-state index contributed by atoms with van der Waals surface area (Å²) in [6, 6.07) is 0. The Bertz CT molecular complexity index is 196. The van der Waals surface area contributed by atoms with Crippen molar-refractivity contribution in [2.75, 3.05) is 32.8 Å². The van der Waals surface area contributed by atoms with Crippen LogP contribution in [0.3, 0.4) is 0 Å². The Balaban J connectivity index is 2.15. The third kappa shape index (κ3) is 4.62.